The Morgan fingerprint density at radius 2 is 1.64 bits per heavy atom. The van der Waals surface area contributed by atoms with Crippen LogP contribution in [-0.4, -0.2) is 63.4 Å². The van der Waals surface area contributed by atoms with E-state index in [9.17, 15) is 22.0 Å². The zero-order valence-corrected chi connectivity index (χ0v) is 19.5. The summed E-state index contributed by atoms with van der Waals surface area (Å²) in [6.45, 7) is 8.35. The lowest BCUT2D eigenvalue weighted by molar-refractivity contribution is -0.121. The Bertz CT molecular complexity index is 1060. The molecule has 0 spiro atoms. The Labute approximate surface area is 193 Å². The summed E-state index contributed by atoms with van der Waals surface area (Å²) in [4.78, 5) is 16.7. The maximum atomic E-state index is 13.3. The fourth-order valence-corrected chi connectivity index (χ4v) is 4.74. The topological polar surface area (TPSA) is 81.8 Å². The van der Waals surface area contributed by atoms with Gasteiger partial charge in [-0.25, -0.2) is 21.9 Å². The van der Waals surface area contributed by atoms with Crippen molar-refractivity contribution in [2.24, 2.45) is 0 Å². The highest BCUT2D eigenvalue weighted by Crippen LogP contribution is 2.15. The lowest BCUT2D eigenvalue weighted by atomic mass is 10.1. The zero-order valence-electron chi connectivity index (χ0n) is 18.7. The third kappa shape index (κ3) is 7.29. The summed E-state index contributed by atoms with van der Waals surface area (Å²) in [5.41, 5.74) is 2.17. The van der Waals surface area contributed by atoms with Gasteiger partial charge in [-0.1, -0.05) is 31.2 Å². The average Bonchev–Trinajstić information content (AvgIpc) is 2.80. The summed E-state index contributed by atoms with van der Waals surface area (Å²) < 4.78 is 52.9. The maximum Gasteiger partial charge on any atom is 0.240 e. The van der Waals surface area contributed by atoms with E-state index in [0.717, 1.165) is 62.5 Å². The van der Waals surface area contributed by atoms with Crippen molar-refractivity contribution >= 4 is 15.9 Å². The van der Waals surface area contributed by atoms with Crippen LogP contribution in [0.3, 0.4) is 0 Å². The van der Waals surface area contributed by atoms with Crippen LogP contribution in [0.25, 0.3) is 0 Å². The van der Waals surface area contributed by atoms with Gasteiger partial charge in [-0.3, -0.25) is 9.69 Å². The molecule has 0 radical (unpaired) electrons. The number of nitrogens with one attached hydrogen (secondary N) is 2. The number of rotatable bonds is 10. The van der Waals surface area contributed by atoms with Crippen LogP contribution in [0.1, 0.15) is 24.5 Å². The highest BCUT2D eigenvalue weighted by atomic mass is 32.2. The number of piperazine rings is 1. The number of sulfonamides is 1. The van der Waals surface area contributed by atoms with Crippen molar-refractivity contribution < 1.29 is 22.0 Å². The van der Waals surface area contributed by atoms with E-state index in [0.29, 0.717) is 12.6 Å². The van der Waals surface area contributed by atoms with Gasteiger partial charge in [-0.05, 0) is 35.9 Å². The van der Waals surface area contributed by atoms with Gasteiger partial charge in [-0.2, -0.15) is 0 Å². The number of carbonyl (C=O) groups is 1. The van der Waals surface area contributed by atoms with Gasteiger partial charge in [-0.15, -0.1) is 0 Å². The molecule has 1 aliphatic rings. The second kappa shape index (κ2) is 11.6. The van der Waals surface area contributed by atoms with E-state index in [4.69, 9.17) is 0 Å². The molecular formula is C23H30F2N4O3S. The van der Waals surface area contributed by atoms with Crippen molar-refractivity contribution in [3.8, 4) is 0 Å². The molecule has 0 atom stereocenters. The Balaban J connectivity index is 1.46. The molecule has 0 bridgehead atoms. The van der Waals surface area contributed by atoms with E-state index in [2.05, 4.69) is 32.8 Å². The second-order valence-electron chi connectivity index (χ2n) is 7.98. The molecule has 10 heteroatoms. The molecule has 0 aromatic heterocycles. The summed E-state index contributed by atoms with van der Waals surface area (Å²) in [7, 11) is -4.04. The SMILES string of the molecule is CCN1CCN(Cc2ccccc2CNC(=O)CCNS(=O)(=O)c2ccc(F)c(F)c2)CC1. The molecule has 1 aliphatic heterocycles. The van der Waals surface area contributed by atoms with Crippen LogP contribution >= 0.6 is 0 Å². The highest BCUT2D eigenvalue weighted by molar-refractivity contribution is 7.89. The Hall–Kier alpha value is -2.40. The van der Waals surface area contributed by atoms with Crippen molar-refractivity contribution in [2.75, 3.05) is 39.3 Å². The molecule has 7 nitrogen and oxygen atoms in total. The van der Waals surface area contributed by atoms with Gasteiger partial charge in [0, 0.05) is 52.2 Å². The van der Waals surface area contributed by atoms with Crippen molar-refractivity contribution in [3.05, 3.63) is 65.2 Å². The quantitative estimate of drug-likeness (QED) is 0.544. The van der Waals surface area contributed by atoms with E-state index >= 15 is 0 Å². The summed E-state index contributed by atoms with van der Waals surface area (Å²) in [6, 6.07) is 10.3. The summed E-state index contributed by atoms with van der Waals surface area (Å²) >= 11 is 0. The van der Waals surface area contributed by atoms with Crippen molar-refractivity contribution in [3.63, 3.8) is 0 Å². The first-order chi connectivity index (χ1) is 15.8. The first-order valence-electron chi connectivity index (χ1n) is 11.0. The summed E-state index contributed by atoms with van der Waals surface area (Å²) in [5.74, 6) is -2.69. The monoisotopic (exact) mass is 480 g/mol. The predicted octanol–water partition coefficient (Wildman–Crippen LogP) is 2.09. The molecule has 2 aromatic rings. The molecule has 0 aliphatic carbocycles. The van der Waals surface area contributed by atoms with Crippen molar-refractivity contribution in [1.82, 2.24) is 19.8 Å². The van der Waals surface area contributed by atoms with Gasteiger partial charge in [0.2, 0.25) is 15.9 Å². The van der Waals surface area contributed by atoms with Crippen molar-refractivity contribution in [1.29, 1.82) is 0 Å². The van der Waals surface area contributed by atoms with Gasteiger partial charge >= 0.3 is 0 Å². The third-order valence-electron chi connectivity index (χ3n) is 5.75. The Morgan fingerprint density at radius 3 is 2.30 bits per heavy atom. The molecule has 1 fully saturated rings. The maximum absolute atomic E-state index is 13.3. The fourth-order valence-electron chi connectivity index (χ4n) is 3.70. The minimum atomic E-state index is -4.04. The lowest BCUT2D eigenvalue weighted by Crippen LogP contribution is -2.45. The van der Waals surface area contributed by atoms with E-state index in [1.54, 1.807) is 0 Å². The van der Waals surface area contributed by atoms with Crippen LogP contribution in [0.2, 0.25) is 0 Å². The van der Waals surface area contributed by atoms with Crippen LogP contribution in [0.4, 0.5) is 8.78 Å². The lowest BCUT2D eigenvalue weighted by Gasteiger charge is -2.34. The molecule has 2 N–H and O–H groups in total. The van der Waals surface area contributed by atoms with E-state index in [1.807, 2.05) is 18.2 Å². The fraction of sp³-hybridized carbons (Fsp3) is 0.435. The molecule has 1 amide bonds. The average molecular weight is 481 g/mol. The number of likely N-dealkylation sites (N-methyl/N-ethyl adjacent to an activating group) is 1. The Kier molecular flexibility index (Phi) is 8.90. The standard InChI is InChI=1S/C23H30F2N4O3S/c1-2-28-11-13-29(14-12-28)17-19-6-4-3-5-18(19)16-26-23(30)9-10-27-33(31,32)20-7-8-21(24)22(25)15-20/h3-8,15,27H,2,9-14,16-17H2,1H3,(H,26,30). The first-order valence-corrected chi connectivity index (χ1v) is 12.5. The largest absolute Gasteiger partial charge is 0.352 e. The zero-order chi connectivity index (χ0) is 23.8. The number of benzene rings is 2. The highest BCUT2D eigenvalue weighted by Gasteiger charge is 2.18. The van der Waals surface area contributed by atoms with E-state index in [-0.39, 0.29) is 18.9 Å². The van der Waals surface area contributed by atoms with E-state index in [1.165, 1.54) is 0 Å². The van der Waals surface area contributed by atoms with Gasteiger partial charge in [0.05, 0.1) is 4.90 Å². The smallest absolute Gasteiger partial charge is 0.240 e. The number of amides is 1. The van der Waals surface area contributed by atoms with Crippen LogP contribution in [0.15, 0.2) is 47.4 Å². The summed E-state index contributed by atoms with van der Waals surface area (Å²) in [5, 5.41) is 2.83. The van der Waals surface area contributed by atoms with Crippen LogP contribution in [-0.2, 0) is 27.9 Å². The molecule has 1 saturated heterocycles. The van der Waals surface area contributed by atoms with Crippen molar-refractivity contribution in [2.45, 2.75) is 31.3 Å². The minimum Gasteiger partial charge on any atom is -0.352 e. The molecular weight excluding hydrogens is 450 g/mol. The number of hydrogen-bond donors (Lipinski definition) is 2. The van der Waals surface area contributed by atoms with Gasteiger partial charge in [0.1, 0.15) is 0 Å². The molecule has 3 rings (SSSR count). The number of nitrogens with zero attached hydrogens (tertiary/aromatic N) is 2. The predicted molar refractivity (Wildman–Crippen MR) is 122 cm³/mol. The molecule has 33 heavy (non-hydrogen) atoms. The summed E-state index contributed by atoms with van der Waals surface area (Å²) in [6.07, 6.45) is -0.0793. The van der Waals surface area contributed by atoms with Crippen LogP contribution in [0.5, 0.6) is 0 Å². The number of hydrogen-bond acceptors (Lipinski definition) is 5. The van der Waals surface area contributed by atoms with E-state index < -0.39 is 26.6 Å². The normalized spacial score (nSPS) is 15.5. The Morgan fingerprint density at radius 1 is 0.970 bits per heavy atom. The second-order valence-corrected chi connectivity index (χ2v) is 9.75. The van der Waals surface area contributed by atoms with Gasteiger partial charge in [0.25, 0.3) is 0 Å². The van der Waals surface area contributed by atoms with Crippen LogP contribution in [0, 0.1) is 11.6 Å². The van der Waals surface area contributed by atoms with Gasteiger partial charge in [0.15, 0.2) is 11.6 Å². The molecule has 1 heterocycles. The molecule has 180 valence electrons. The molecule has 0 unspecified atom stereocenters. The first kappa shape index (κ1) is 25.2. The number of carbonyl (C=O) groups excluding carboxylic acids is 1. The third-order valence-corrected chi connectivity index (χ3v) is 7.20. The minimum absolute atomic E-state index is 0.0793. The molecule has 2 aromatic carbocycles. The van der Waals surface area contributed by atoms with Gasteiger partial charge < -0.3 is 10.2 Å². The van der Waals surface area contributed by atoms with Crippen LogP contribution < -0.4 is 10.0 Å². The molecule has 0 saturated carbocycles. The number of halogens is 2.